The molecule has 72 valence electrons. The van der Waals surface area contributed by atoms with E-state index >= 15 is 0 Å². The van der Waals surface area contributed by atoms with Crippen LogP contribution in [0.5, 0.6) is 5.75 Å². The highest BCUT2D eigenvalue weighted by Gasteiger charge is 2.00. The smallest absolute Gasteiger partial charge is 0.250 e. The molecule has 0 aliphatic heterocycles. The van der Waals surface area contributed by atoms with E-state index in [9.17, 15) is 8.78 Å². The van der Waals surface area contributed by atoms with E-state index in [2.05, 4.69) is 5.32 Å². The van der Waals surface area contributed by atoms with Gasteiger partial charge in [0.25, 0.3) is 6.43 Å². The number of aromatic hydroxyl groups is 1. The summed E-state index contributed by atoms with van der Waals surface area (Å²) in [6.07, 6.45) is -2.34. The molecular formula is C9H11F2NO. The molecule has 0 aliphatic rings. The van der Waals surface area contributed by atoms with Gasteiger partial charge in [0.1, 0.15) is 5.75 Å². The summed E-state index contributed by atoms with van der Waals surface area (Å²) in [5.41, 5.74) is 0.792. The number of alkyl halides is 2. The van der Waals surface area contributed by atoms with Crippen LogP contribution in [0.15, 0.2) is 24.3 Å². The molecule has 0 radical (unpaired) electrons. The zero-order valence-electron chi connectivity index (χ0n) is 7.00. The molecule has 1 aromatic rings. The van der Waals surface area contributed by atoms with Crippen molar-refractivity contribution in [1.29, 1.82) is 0 Å². The lowest BCUT2D eigenvalue weighted by atomic mass is 10.2. The van der Waals surface area contributed by atoms with Gasteiger partial charge in [-0.2, -0.15) is 0 Å². The fourth-order valence-corrected chi connectivity index (χ4v) is 0.992. The second-order valence-corrected chi connectivity index (χ2v) is 2.69. The van der Waals surface area contributed by atoms with Crippen LogP contribution in [-0.2, 0) is 6.54 Å². The molecule has 0 aliphatic carbocycles. The summed E-state index contributed by atoms with van der Waals surface area (Å²) in [6.45, 7) is 0.0222. The van der Waals surface area contributed by atoms with Crippen molar-refractivity contribution < 1.29 is 13.9 Å². The van der Waals surface area contributed by atoms with E-state index in [1.54, 1.807) is 18.2 Å². The van der Waals surface area contributed by atoms with Gasteiger partial charge in [-0.25, -0.2) is 8.78 Å². The van der Waals surface area contributed by atoms with Crippen molar-refractivity contribution in [2.75, 3.05) is 6.54 Å². The Morgan fingerprint density at radius 2 is 2.15 bits per heavy atom. The highest BCUT2D eigenvalue weighted by molar-refractivity contribution is 5.26. The molecule has 0 spiro atoms. The third-order valence-corrected chi connectivity index (χ3v) is 1.54. The van der Waals surface area contributed by atoms with Crippen LogP contribution < -0.4 is 5.32 Å². The number of phenols is 1. The van der Waals surface area contributed by atoms with E-state index in [1.807, 2.05) is 0 Å². The number of halogens is 2. The minimum absolute atomic E-state index is 0.149. The Balaban J connectivity index is 2.37. The predicted molar refractivity (Wildman–Crippen MR) is 45.8 cm³/mol. The average Bonchev–Trinajstić information content (AvgIpc) is 2.03. The molecule has 4 heteroatoms. The van der Waals surface area contributed by atoms with Crippen molar-refractivity contribution in [1.82, 2.24) is 5.32 Å². The van der Waals surface area contributed by atoms with Crippen molar-refractivity contribution in [2.24, 2.45) is 0 Å². The van der Waals surface area contributed by atoms with Crippen molar-refractivity contribution in [3.8, 4) is 5.75 Å². The quantitative estimate of drug-likeness (QED) is 0.752. The normalized spacial score (nSPS) is 10.7. The molecule has 1 aromatic carbocycles. The van der Waals surface area contributed by atoms with Crippen LogP contribution in [0.4, 0.5) is 8.78 Å². The molecule has 0 amide bonds. The average molecular weight is 187 g/mol. The minimum Gasteiger partial charge on any atom is -0.508 e. The van der Waals surface area contributed by atoms with Gasteiger partial charge in [-0.05, 0) is 17.7 Å². The number of rotatable bonds is 4. The second-order valence-electron chi connectivity index (χ2n) is 2.69. The Kier molecular flexibility index (Phi) is 3.64. The number of nitrogens with one attached hydrogen (secondary N) is 1. The number of hydrogen-bond donors (Lipinski definition) is 2. The molecule has 2 nitrogen and oxygen atoms in total. The fraction of sp³-hybridized carbons (Fsp3) is 0.333. The Morgan fingerprint density at radius 3 is 2.77 bits per heavy atom. The van der Waals surface area contributed by atoms with Gasteiger partial charge in [-0.1, -0.05) is 12.1 Å². The first-order valence-electron chi connectivity index (χ1n) is 3.95. The molecule has 0 bridgehead atoms. The lowest BCUT2D eigenvalue weighted by molar-refractivity contribution is 0.145. The topological polar surface area (TPSA) is 32.3 Å². The van der Waals surface area contributed by atoms with Crippen LogP contribution in [0.2, 0.25) is 0 Å². The number of hydrogen-bond acceptors (Lipinski definition) is 2. The van der Waals surface area contributed by atoms with Crippen molar-refractivity contribution in [2.45, 2.75) is 13.0 Å². The summed E-state index contributed by atoms with van der Waals surface area (Å²) in [6, 6.07) is 6.52. The monoisotopic (exact) mass is 187 g/mol. The molecular weight excluding hydrogens is 176 g/mol. The maximum atomic E-state index is 11.7. The van der Waals surface area contributed by atoms with Crippen molar-refractivity contribution in [3.63, 3.8) is 0 Å². The molecule has 0 unspecified atom stereocenters. The van der Waals surface area contributed by atoms with Gasteiger partial charge >= 0.3 is 0 Å². The van der Waals surface area contributed by atoms with Gasteiger partial charge in [0.05, 0.1) is 6.54 Å². The number of phenolic OH excluding ortho intramolecular Hbond substituents is 1. The standard InChI is InChI=1S/C9H11F2NO/c10-9(11)6-12-5-7-2-1-3-8(13)4-7/h1-4,9,12-13H,5-6H2. The first-order valence-corrected chi connectivity index (χ1v) is 3.95. The van der Waals surface area contributed by atoms with Crippen LogP contribution in [0.3, 0.4) is 0 Å². The van der Waals surface area contributed by atoms with E-state index < -0.39 is 6.43 Å². The Labute approximate surface area is 75.2 Å². The molecule has 2 N–H and O–H groups in total. The molecule has 13 heavy (non-hydrogen) atoms. The van der Waals surface area contributed by atoms with E-state index in [0.29, 0.717) is 6.54 Å². The second kappa shape index (κ2) is 4.77. The van der Waals surface area contributed by atoms with Gasteiger partial charge in [0.15, 0.2) is 0 Å². The van der Waals surface area contributed by atoms with Gasteiger partial charge in [0.2, 0.25) is 0 Å². The molecule has 0 saturated heterocycles. The predicted octanol–water partition coefficient (Wildman–Crippen LogP) is 1.75. The lowest BCUT2D eigenvalue weighted by Gasteiger charge is -2.03. The summed E-state index contributed by atoms with van der Waals surface area (Å²) in [4.78, 5) is 0. The molecule has 0 saturated carbocycles. The SMILES string of the molecule is Oc1cccc(CNCC(F)F)c1. The van der Waals surface area contributed by atoms with E-state index in [0.717, 1.165) is 5.56 Å². The molecule has 1 rings (SSSR count). The van der Waals surface area contributed by atoms with E-state index in [1.165, 1.54) is 6.07 Å². The van der Waals surface area contributed by atoms with Gasteiger partial charge in [0, 0.05) is 6.54 Å². The maximum absolute atomic E-state index is 11.7. The first-order chi connectivity index (χ1) is 6.18. The molecule has 0 fully saturated rings. The van der Waals surface area contributed by atoms with Gasteiger partial charge in [-0.15, -0.1) is 0 Å². The van der Waals surface area contributed by atoms with Crippen molar-refractivity contribution in [3.05, 3.63) is 29.8 Å². The largest absolute Gasteiger partial charge is 0.508 e. The highest BCUT2D eigenvalue weighted by Crippen LogP contribution is 2.10. The maximum Gasteiger partial charge on any atom is 0.250 e. The molecule has 0 atom stereocenters. The zero-order chi connectivity index (χ0) is 9.68. The summed E-state index contributed by atoms with van der Waals surface area (Å²) < 4.78 is 23.4. The van der Waals surface area contributed by atoms with E-state index in [4.69, 9.17) is 5.11 Å². The Hall–Kier alpha value is -1.16. The van der Waals surface area contributed by atoms with Crippen LogP contribution in [0.25, 0.3) is 0 Å². The van der Waals surface area contributed by atoms with Crippen LogP contribution in [-0.4, -0.2) is 18.1 Å². The number of benzene rings is 1. The fourth-order valence-electron chi connectivity index (χ4n) is 0.992. The summed E-state index contributed by atoms with van der Waals surface area (Å²) in [5, 5.41) is 11.6. The van der Waals surface area contributed by atoms with Crippen molar-refractivity contribution >= 4 is 0 Å². The summed E-state index contributed by atoms with van der Waals surface area (Å²) in [7, 11) is 0. The third kappa shape index (κ3) is 3.85. The van der Waals surface area contributed by atoms with Crippen LogP contribution >= 0.6 is 0 Å². The molecule has 0 heterocycles. The van der Waals surface area contributed by atoms with Crippen LogP contribution in [0.1, 0.15) is 5.56 Å². The van der Waals surface area contributed by atoms with E-state index in [-0.39, 0.29) is 12.3 Å². The molecule has 0 aromatic heterocycles. The van der Waals surface area contributed by atoms with Gasteiger partial charge < -0.3 is 10.4 Å². The Morgan fingerprint density at radius 1 is 1.38 bits per heavy atom. The highest BCUT2D eigenvalue weighted by atomic mass is 19.3. The summed E-state index contributed by atoms with van der Waals surface area (Å²) in [5.74, 6) is 0.149. The van der Waals surface area contributed by atoms with Gasteiger partial charge in [-0.3, -0.25) is 0 Å². The zero-order valence-corrected chi connectivity index (χ0v) is 7.00. The lowest BCUT2D eigenvalue weighted by Crippen LogP contribution is -2.20. The summed E-state index contributed by atoms with van der Waals surface area (Å²) >= 11 is 0. The minimum atomic E-state index is -2.34. The Bertz CT molecular complexity index is 266. The third-order valence-electron chi connectivity index (χ3n) is 1.54. The first kappa shape index (κ1) is 9.92. The van der Waals surface area contributed by atoms with Crippen LogP contribution in [0, 0.1) is 0 Å².